The summed E-state index contributed by atoms with van der Waals surface area (Å²) in [5.41, 5.74) is 3.74. The SMILES string of the molecule is CN=C(NCc1cccc(CNC(S)=[NH+]C)c1)SCc1ccc2ccccc2c1. The molecule has 0 saturated heterocycles. The standard InChI is InChI=1S/C23H26N4S2/c1-24-22(28)26-14-17-6-5-7-18(12-17)15-27-23(25-2)29-16-19-10-11-20-8-3-4-9-21(20)13-19/h3-13H,14-16H2,1-2H3,(H,25,27)(H2,24,26,28)/p+1. The monoisotopic (exact) mass is 423 g/mol. The smallest absolute Gasteiger partial charge is 0.300 e. The van der Waals surface area contributed by atoms with E-state index in [1.54, 1.807) is 11.8 Å². The van der Waals surface area contributed by atoms with Gasteiger partial charge in [0.1, 0.15) is 6.54 Å². The minimum absolute atomic E-state index is 0.735. The molecule has 0 unspecified atom stereocenters. The van der Waals surface area contributed by atoms with Gasteiger partial charge in [0.2, 0.25) is 0 Å². The van der Waals surface area contributed by atoms with Crippen molar-refractivity contribution in [3.63, 3.8) is 0 Å². The van der Waals surface area contributed by atoms with Crippen LogP contribution in [0.4, 0.5) is 0 Å². The Bertz CT molecular complexity index is 1010. The summed E-state index contributed by atoms with van der Waals surface area (Å²) >= 11 is 6.03. The fraction of sp³-hybridized carbons (Fsp3) is 0.217. The topological polar surface area (TPSA) is 50.4 Å². The molecule has 0 aliphatic carbocycles. The van der Waals surface area contributed by atoms with E-state index in [4.69, 9.17) is 0 Å². The zero-order valence-corrected chi connectivity index (χ0v) is 18.5. The van der Waals surface area contributed by atoms with E-state index in [0.717, 1.165) is 29.2 Å². The number of aliphatic imine (C=N–C) groups is 1. The Hall–Kier alpha value is -2.44. The van der Waals surface area contributed by atoms with E-state index in [0.29, 0.717) is 0 Å². The summed E-state index contributed by atoms with van der Waals surface area (Å²) in [4.78, 5) is 7.38. The van der Waals surface area contributed by atoms with Gasteiger partial charge in [0.25, 0.3) is 0 Å². The molecule has 0 spiro atoms. The highest BCUT2D eigenvalue weighted by molar-refractivity contribution is 8.13. The fourth-order valence-electron chi connectivity index (χ4n) is 2.98. The Morgan fingerprint density at radius 1 is 0.897 bits per heavy atom. The second kappa shape index (κ2) is 10.9. The maximum atomic E-state index is 4.41. The number of nitrogens with one attached hydrogen (secondary N) is 3. The molecule has 6 heteroatoms. The molecular formula is C23H27N4S2+. The molecule has 0 heterocycles. The average molecular weight is 424 g/mol. The molecule has 0 amide bonds. The van der Waals surface area contributed by atoms with E-state index in [-0.39, 0.29) is 0 Å². The summed E-state index contributed by atoms with van der Waals surface area (Å²) < 4.78 is 0. The lowest BCUT2D eigenvalue weighted by Gasteiger charge is -2.10. The van der Waals surface area contributed by atoms with Crippen molar-refractivity contribution in [1.29, 1.82) is 0 Å². The van der Waals surface area contributed by atoms with Crippen LogP contribution in [0.3, 0.4) is 0 Å². The van der Waals surface area contributed by atoms with Gasteiger partial charge in [-0.05, 0) is 27.5 Å². The van der Waals surface area contributed by atoms with Crippen LogP contribution in [0.2, 0.25) is 0 Å². The van der Waals surface area contributed by atoms with Crippen molar-refractivity contribution in [1.82, 2.24) is 10.6 Å². The van der Waals surface area contributed by atoms with Crippen molar-refractivity contribution < 1.29 is 4.99 Å². The summed E-state index contributed by atoms with van der Waals surface area (Å²) in [6.45, 7) is 1.48. The molecule has 3 aromatic rings. The number of amidine groups is 2. The molecule has 3 N–H and O–H groups in total. The molecule has 0 bridgehead atoms. The zero-order valence-electron chi connectivity index (χ0n) is 16.8. The first-order chi connectivity index (χ1) is 14.2. The Labute approximate surface area is 182 Å². The normalized spacial score (nSPS) is 12.2. The number of thioether (sulfide) groups is 1. The second-order valence-corrected chi connectivity index (χ2v) is 8.04. The van der Waals surface area contributed by atoms with E-state index < -0.39 is 0 Å². The summed E-state index contributed by atoms with van der Waals surface area (Å²) in [6.07, 6.45) is 0. The van der Waals surface area contributed by atoms with Crippen molar-refractivity contribution >= 4 is 45.5 Å². The quantitative estimate of drug-likeness (QED) is 0.280. The molecule has 0 radical (unpaired) electrons. The largest absolute Gasteiger partial charge is 0.361 e. The van der Waals surface area contributed by atoms with Gasteiger partial charge in [-0.15, -0.1) is 0 Å². The lowest BCUT2D eigenvalue weighted by molar-refractivity contribution is -0.418. The Balaban J connectivity index is 1.53. The molecule has 0 fully saturated rings. The number of rotatable bonds is 6. The minimum Gasteiger partial charge on any atom is -0.361 e. The first-order valence-corrected chi connectivity index (χ1v) is 11.0. The molecule has 150 valence electrons. The molecule has 29 heavy (non-hydrogen) atoms. The van der Waals surface area contributed by atoms with Crippen LogP contribution in [0.5, 0.6) is 0 Å². The van der Waals surface area contributed by atoms with Crippen LogP contribution in [0.25, 0.3) is 10.8 Å². The van der Waals surface area contributed by atoms with E-state index in [1.807, 2.05) is 14.1 Å². The lowest BCUT2D eigenvalue weighted by atomic mass is 10.1. The van der Waals surface area contributed by atoms with Gasteiger partial charge in [-0.3, -0.25) is 15.3 Å². The number of hydrogen-bond acceptors (Lipinski definition) is 2. The zero-order chi connectivity index (χ0) is 20.5. The Morgan fingerprint density at radius 3 is 2.34 bits per heavy atom. The molecule has 0 atom stereocenters. The van der Waals surface area contributed by atoms with Crippen molar-refractivity contribution in [3.8, 4) is 0 Å². The maximum absolute atomic E-state index is 4.41. The second-order valence-electron chi connectivity index (χ2n) is 6.62. The van der Waals surface area contributed by atoms with Crippen molar-refractivity contribution in [2.75, 3.05) is 14.1 Å². The van der Waals surface area contributed by atoms with Gasteiger partial charge in [-0.25, -0.2) is 0 Å². The number of nitrogens with zero attached hydrogens (tertiary/aromatic N) is 1. The molecule has 0 saturated carbocycles. The first-order valence-electron chi connectivity index (χ1n) is 9.54. The summed E-state index contributed by atoms with van der Waals surface area (Å²) in [5.74, 6) is 0.888. The first kappa shape index (κ1) is 21.3. The third-order valence-electron chi connectivity index (χ3n) is 4.52. The van der Waals surface area contributed by atoms with Crippen molar-refractivity contribution in [2.24, 2.45) is 4.99 Å². The maximum Gasteiger partial charge on any atom is 0.300 e. The predicted octanol–water partition coefficient (Wildman–Crippen LogP) is 2.93. The van der Waals surface area contributed by atoms with E-state index in [2.05, 4.69) is 100.0 Å². The molecule has 3 rings (SSSR count). The molecule has 0 aliphatic rings. The molecular weight excluding hydrogens is 396 g/mol. The molecule has 0 aromatic heterocycles. The molecule has 4 nitrogen and oxygen atoms in total. The molecule has 0 aliphatic heterocycles. The van der Waals surface area contributed by atoms with Gasteiger partial charge in [0.15, 0.2) is 5.17 Å². The van der Waals surface area contributed by atoms with Crippen molar-refractivity contribution in [3.05, 3.63) is 83.4 Å². The van der Waals surface area contributed by atoms with Crippen LogP contribution in [0, 0.1) is 0 Å². The highest BCUT2D eigenvalue weighted by Gasteiger charge is 2.04. The third kappa shape index (κ3) is 6.54. The van der Waals surface area contributed by atoms with Crippen LogP contribution in [-0.2, 0) is 18.8 Å². The van der Waals surface area contributed by atoms with E-state index >= 15 is 0 Å². The van der Waals surface area contributed by atoms with Crippen LogP contribution in [0.1, 0.15) is 16.7 Å². The van der Waals surface area contributed by atoms with Gasteiger partial charge in [0, 0.05) is 19.3 Å². The average Bonchev–Trinajstić information content (AvgIpc) is 2.77. The van der Waals surface area contributed by atoms with Crippen molar-refractivity contribution in [2.45, 2.75) is 18.8 Å². The summed E-state index contributed by atoms with van der Waals surface area (Å²) in [7, 11) is 3.68. The number of benzene rings is 3. The van der Waals surface area contributed by atoms with Crippen LogP contribution in [0.15, 0.2) is 71.7 Å². The number of thiol groups is 1. The highest BCUT2D eigenvalue weighted by Crippen LogP contribution is 2.20. The van der Waals surface area contributed by atoms with Gasteiger partial charge < -0.3 is 5.32 Å². The van der Waals surface area contributed by atoms with E-state index in [1.165, 1.54) is 27.5 Å². The fourth-order valence-corrected chi connectivity index (χ4v) is 3.84. The summed E-state index contributed by atoms with van der Waals surface area (Å²) in [6, 6.07) is 23.6. The highest BCUT2D eigenvalue weighted by atomic mass is 32.2. The third-order valence-corrected chi connectivity index (χ3v) is 5.98. The van der Waals surface area contributed by atoms with Crippen LogP contribution in [-0.4, -0.2) is 24.4 Å². The Morgan fingerprint density at radius 2 is 1.62 bits per heavy atom. The Kier molecular flexibility index (Phi) is 8.02. The lowest BCUT2D eigenvalue weighted by Crippen LogP contribution is -2.69. The minimum atomic E-state index is 0.735. The molecule has 3 aromatic carbocycles. The van der Waals surface area contributed by atoms with Crippen LogP contribution < -0.4 is 15.6 Å². The van der Waals surface area contributed by atoms with Crippen LogP contribution >= 0.6 is 24.4 Å². The number of hydrogen-bond donors (Lipinski definition) is 4. The predicted molar refractivity (Wildman–Crippen MR) is 130 cm³/mol. The van der Waals surface area contributed by atoms with Gasteiger partial charge in [0.05, 0.1) is 7.05 Å². The van der Waals surface area contributed by atoms with Gasteiger partial charge in [-0.1, -0.05) is 91.1 Å². The number of fused-ring (bicyclic) bond motifs is 1. The van der Waals surface area contributed by atoms with Gasteiger partial charge >= 0.3 is 5.17 Å². The summed E-state index contributed by atoms with van der Waals surface area (Å²) in [5, 5.41) is 10.9. The van der Waals surface area contributed by atoms with Gasteiger partial charge in [-0.2, -0.15) is 0 Å². The van der Waals surface area contributed by atoms with E-state index in [9.17, 15) is 0 Å².